The lowest BCUT2D eigenvalue weighted by molar-refractivity contribution is -0.131. The second-order valence-electron chi connectivity index (χ2n) is 7.23. The molecule has 0 bridgehead atoms. The molecule has 178 valence electrons. The molecule has 0 radical (unpaired) electrons. The molecule has 2 amide bonds. The Kier molecular flexibility index (Phi) is 8.04. The van der Waals surface area contributed by atoms with Gasteiger partial charge in [-0.2, -0.15) is 0 Å². The van der Waals surface area contributed by atoms with E-state index in [4.69, 9.17) is 21.1 Å². The Bertz CT molecular complexity index is 1090. The fraction of sp³-hybridized carbons (Fsp3) is 0.364. The van der Waals surface area contributed by atoms with Crippen LogP contribution in [0, 0.1) is 0 Å². The van der Waals surface area contributed by atoms with E-state index in [0.717, 1.165) is 4.31 Å². The van der Waals surface area contributed by atoms with Gasteiger partial charge in [-0.1, -0.05) is 17.7 Å². The summed E-state index contributed by atoms with van der Waals surface area (Å²) in [6.07, 6.45) is -0.424. The number of rotatable bonds is 7. The number of hydrogen-bond donors (Lipinski definition) is 0. The molecular formula is C22H26ClN3O6S. The van der Waals surface area contributed by atoms with Gasteiger partial charge in [-0.05, 0) is 49.4 Å². The maximum Gasteiger partial charge on any atom is 0.409 e. The summed E-state index contributed by atoms with van der Waals surface area (Å²) in [5.74, 6) is 0.134. The van der Waals surface area contributed by atoms with E-state index in [1.165, 1.54) is 35.1 Å². The first-order valence-corrected chi connectivity index (χ1v) is 12.2. The standard InChI is InChI=1S/C22H26ClN3O6S/c1-3-32-22(28)25-13-11-24(12-14-25)21(27)16-26(18-6-4-5-17(23)15-18)33(29,30)20-9-7-19(31-2)8-10-20/h4-10,15H,3,11-14,16H2,1-2H3. The van der Waals surface area contributed by atoms with Gasteiger partial charge in [0.15, 0.2) is 0 Å². The molecule has 0 spiro atoms. The number of methoxy groups -OCH3 is 1. The molecule has 2 aromatic rings. The third-order valence-corrected chi connectivity index (χ3v) is 7.20. The van der Waals surface area contributed by atoms with Crippen LogP contribution in [0.2, 0.25) is 5.02 Å². The van der Waals surface area contributed by atoms with Crippen molar-refractivity contribution >= 4 is 39.3 Å². The zero-order valence-electron chi connectivity index (χ0n) is 18.4. The normalized spacial score (nSPS) is 14.0. The van der Waals surface area contributed by atoms with Crippen LogP contribution in [0.1, 0.15) is 6.92 Å². The molecule has 3 rings (SSSR count). The Labute approximate surface area is 198 Å². The molecule has 1 aliphatic rings. The number of amides is 2. The molecular weight excluding hydrogens is 470 g/mol. The number of nitrogens with zero attached hydrogens (tertiary/aromatic N) is 3. The minimum atomic E-state index is -4.07. The Morgan fingerprint density at radius 3 is 2.24 bits per heavy atom. The van der Waals surface area contributed by atoms with E-state index in [2.05, 4.69) is 0 Å². The first-order chi connectivity index (χ1) is 15.8. The van der Waals surface area contributed by atoms with Gasteiger partial charge < -0.3 is 19.3 Å². The quantitative estimate of drug-likeness (QED) is 0.586. The zero-order valence-corrected chi connectivity index (χ0v) is 20.0. The lowest BCUT2D eigenvalue weighted by Crippen LogP contribution is -2.53. The van der Waals surface area contributed by atoms with Crippen molar-refractivity contribution in [2.24, 2.45) is 0 Å². The van der Waals surface area contributed by atoms with E-state index in [0.29, 0.717) is 23.9 Å². The van der Waals surface area contributed by atoms with Crippen molar-refractivity contribution in [2.45, 2.75) is 11.8 Å². The van der Waals surface area contributed by atoms with Crippen molar-refractivity contribution < 1.29 is 27.5 Å². The van der Waals surface area contributed by atoms with Gasteiger partial charge >= 0.3 is 6.09 Å². The van der Waals surface area contributed by atoms with Crippen molar-refractivity contribution in [3.63, 3.8) is 0 Å². The van der Waals surface area contributed by atoms with E-state index in [-0.39, 0.29) is 36.2 Å². The van der Waals surface area contributed by atoms with Crippen LogP contribution < -0.4 is 9.04 Å². The lowest BCUT2D eigenvalue weighted by Gasteiger charge is -2.35. The molecule has 1 saturated heterocycles. The molecule has 0 saturated carbocycles. The van der Waals surface area contributed by atoms with Gasteiger partial charge in [0.05, 0.1) is 24.3 Å². The van der Waals surface area contributed by atoms with Gasteiger partial charge in [0, 0.05) is 31.2 Å². The number of ether oxygens (including phenoxy) is 2. The number of anilines is 1. The lowest BCUT2D eigenvalue weighted by atomic mass is 10.3. The Morgan fingerprint density at radius 1 is 1.03 bits per heavy atom. The van der Waals surface area contributed by atoms with Crippen molar-refractivity contribution in [2.75, 3.05) is 50.7 Å². The van der Waals surface area contributed by atoms with Crippen LogP contribution in [0.4, 0.5) is 10.5 Å². The number of halogens is 1. The molecule has 0 atom stereocenters. The molecule has 9 nitrogen and oxygen atoms in total. The fourth-order valence-electron chi connectivity index (χ4n) is 3.40. The molecule has 0 aromatic heterocycles. The van der Waals surface area contributed by atoms with Gasteiger partial charge in [0.2, 0.25) is 5.91 Å². The van der Waals surface area contributed by atoms with E-state index >= 15 is 0 Å². The van der Waals surface area contributed by atoms with Crippen LogP contribution in [-0.4, -0.2) is 76.7 Å². The summed E-state index contributed by atoms with van der Waals surface area (Å²) in [7, 11) is -2.59. The Morgan fingerprint density at radius 2 is 1.67 bits per heavy atom. The molecule has 0 N–H and O–H groups in total. The molecule has 1 aliphatic heterocycles. The predicted octanol–water partition coefficient (Wildman–Crippen LogP) is 2.84. The Hall–Kier alpha value is -2.98. The average Bonchev–Trinajstić information content (AvgIpc) is 2.82. The van der Waals surface area contributed by atoms with Crippen molar-refractivity contribution in [1.29, 1.82) is 0 Å². The molecule has 33 heavy (non-hydrogen) atoms. The molecule has 11 heteroatoms. The van der Waals surface area contributed by atoms with Gasteiger partial charge in [0.25, 0.3) is 10.0 Å². The summed E-state index contributed by atoms with van der Waals surface area (Å²) in [5.41, 5.74) is 0.275. The summed E-state index contributed by atoms with van der Waals surface area (Å²) >= 11 is 6.10. The van der Waals surface area contributed by atoms with Crippen molar-refractivity contribution in [1.82, 2.24) is 9.80 Å². The predicted molar refractivity (Wildman–Crippen MR) is 124 cm³/mol. The van der Waals surface area contributed by atoms with Crippen molar-refractivity contribution in [3.05, 3.63) is 53.6 Å². The number of benzene rings is 2. The van der Waals surface area contributed by atoms with Crippen molar-refractivity contribution in [3.8, 4) is 5.75 Å². The number of carbonyl (C=O) groups excluding carboxylic acids is 2. The van der Waals surface area contributed by atoms with E-state index in [1.54, 1.807) is 37.3 Å². The summed E-state index contributed by atoms with van der Waals surface area (Å²) in [6, 6.07) is 12.3. The summed E-state index contributed by atoms with van der Waals surface area (Å²) in [6.45, 7) is 2.78. The second-order valence-corrected chi connectivity index (χ2v) is 9.53. The van der Waals surface area contributed by atoms with Gasteiger partial charge in [-0.15, -0.1) is 0 Å². The summed E-state index contributed by atoms with van der Waals surface area (Å²) in [4.78, 5) is 28.1. The molecule has 1 fully saturated rings. The van der Waals surface area contributed by atoms with Gasteiger partial charge in [0.1, 0.15) is 12.3 Å². The molecule has 0 unspecified atom stereocenters. The average molecular weight is 496 g/mol. The third-order valence-electron chi connectivity index (χ3n) is 5.18. The Balaban J connectivity index is 1.82. The largest absolute Gasteiger partial charge is 0.497 e. The third kappa shape index (κ3) is 5.88. The van der Waals surface area contributed by atoms with Crippen LogP contribution >= 0.6 is 11.6 Å². The van der Waals surface area contributed by atoms with Crippen LogP contribution in [0.3, 0.4) is 0 Å². The van der Waals surface area contributed by atoms with E-state index in [1.807, 2.05) is 0 Å². The highest BCUT2D eigenvalue weighted by Gasteiger charge is 2.31. The SMILES string of the molecule is CCOC(=O)N1CCN(C(=O)CN(c2cccc(Cl)c2)S(=O)(=O)c2ccc(OC)cc2)CC1. The van der Waals surface area contributed by atoms with Crippen LogP contribution in [0.15, 0.2) is 53.4 Å². The fourth-order valence-corrected chi connectivity index (χ4v) is 4.99. The number of piperazine rings is 1. The topological polar surface area (TPSA) is 96.5 Å². The number of hydrogen-bond acceptors (Lipinski definition) is 6. The maximum absolute atomic E-state index is 13.5. The van der Waals surface area contributed by atoms with Crippen LogP contribution in [0.5, 0.6) is 5.75 Å². The van der Waals surface area contributed by atoms with E-state index < -0.39 is 22.7 Å². The molecule has 2 aromatic carbocycles. The number of sulfonamides is 1. The first kappa shape index (κ1) is 24.7. The van der Waals surface area contributed by atoms with Gasteiger partial charge in [-0.25, -0.2) is 13.2 Å². The second kappa shape index (κ2) is 10.8. The molecule has 1 heterocycles. The molecule has 0 aliphatic carbocycles. The number of carbonyl (C=O) groups is 2. The van der Waals surface area contributed by atoms with Crippen LogP contribution in [-0.2, 0) is 19.6 Å². The first-order valence-electron chi connectivity index (χ1n) is 10.4. The summed E-state index contributed by atoms with van der Waals surface area (Å²) < 4.78 is 38.1. The smallest absolute Gasteiger partial charge is 0.409 e. The highest BCUT2D eigenvalue weighted by atomic mass is 35.5. The minimum Gasteiger partial charge on any atom is -0.497 e. The van der Waals surface area contributed by atoms with Crippen LogP contribution in [0.25, 0.3) is 0 Å². The van der Waals surface area contributed by atoms with Gasteiger partial charge in [-0.3, -0.25) is 9.10 Å². The van der Waals surface area contributed by atoms with E-state index in [9.17, 15) is 18.0 Å². The highest BCUT2D eigenvalue weighted by Crippen LogP contribution is 2.27. The summed E-state index contributed by atoms with van der Waals surface area (Å²) in [5, 5.41) is 0.345. The minimum absolute atomic E-state index is 0.0169. The monoisotopic (exact) mass is 495 g/mol. The highest BCUT2D eigenvalue weighted by molar-refractivity contribution is 7.92. The zero-order chi connectivity index (χ0) is 24.0. The maximum atomic E-state index is 13.5.